The molecule has 2 N–H and O–H groups in total. The van der Waals surface area contributed by atoms with Gasteiger partial charge >= 0.3 is 5.97 Å². The monoisotopic (exact) mass is 369 g/mol. The SMILES string of the molecule is COC(=O)/C=C1/S/C(=N\N=Cc2ccc(O)c(OC)c2Cl)NC1=O. The van der Waals surface area contributed by atoms with Gasteiger partial charge in [0.2, 0.25) is 0 Å². The third kappa shape index (κ3) is 4.06. The van der Waals surface area contributed by atoms with E-state index in [0.29, 0.717) is 5.56 Å². The smallest absolute Gasteiger partial charge is 0.331 e. The van der Waals surface area contributed by atoms with Crippen LogP contribution in [0, 0.1) is 0 Å². The van der Waals surface area contributed by atoms with Crippen LogP contribution < -0.4 is 10.1 Å². The second kappa shape index (κ2) is 7.84. The molecule has 0 spiro atoms. The van der Waals surface area contributed by atoms with Crippen LogP contribution in [0.5, 0.6) is 11.5 Å². The first-order chi connectivity index (χ1) is 11.5. The number of carbonyl (C=O) groups excluding carboxylic acids is 2. The number of benzene rings is 1. The number of halogens is 1. The van der Waals surface area contributed by atoms with E-state index in [4.69, 9.17) is 16.3 Å². The van der Waals surface area contributed by atoms with Crippen LogP contribution >= 0.6 is 23.4 Å². The van der Waals surface area contributed by atoms with Gasteiger partial charge in [0.15, 0.2) is 16.7 Å². The third-order valence-corrected chi connectivity index (χ3v) is 4.05. The molecule has 1 aromatic carbocycles. The Morgan fingerprint density at radius 1 is 1.42 bits per heavy atom. The maximum Gasteiger partial charge on any atom is 0.331 e. The molecule has 1 amide bonds. The summed E-state index contributed by atoms with van der Waals surface area (Å²) < 4.78 is 9.43. The van der Waals surface area contributed by atoms with Crippen LogP contribution in [0.3, 0.4) is 0 Å². The van der Waals surface area contributed by atoms with Crippen LogP contribution in [0.25, 0.3) is 0 Å². The summed E-state index contributed by atoms with van der Waals surface area (Å²) in [6.45, 7) is 0. The minimum absolute atomic E-state index is 0.0952. The van der Waals surface area contributed by atoms with Crippen molar-refractivity contribution in [3.05, 3.63) is 33.7 Å². The van der Waals surface area contributed by atoms with Crippen molar-refractivity contribution in [2.45, 2.75) is 0 Å². The Balaban J connectivity index is 2.15. The molecule has 1 heterocycles. The molecule has 0 aromatic heterocycles. The van der Waals surface area contributed by atoms with Crippen LogP contribution in [0.15, 0.2) is 33.3 Å². The molecule has 0 atom stereocenters. The molecular formula is C14H12ClN3O5S. The molecule has 1 aromatic rings. The summed E-state index contributed by atoms with van der Waals surface area (Å²) in [5.74, 6) is -1.08. The molecule has 0 radical (unpaired) electrons. The number of carbonyl (C=O) groups is 2. The van der Waals surface area contributed by atoms with E-state index in [2.05, 4.69) is 20.3 Å². The molecule has 0 aliphatic carbocycles. The molecule has 8 nitrogen and oxygen atoms in total. The van der Waals surface area contributed by atoms with Crippen molar-refractivity contribution in [2.75, 3.05) is 14.2 Å². The highest BCUT2D eigenvalue weighted by atomic mass is 35.5. The second-order valence-electron chi connectivity index (χ2n) is 4.26. The van der Waals surface area contributed by atoms with Gasteiger partial charge in [-0.25, -0.2) is 4.79 Å². The highest BCUT2D eigenvalue weighted by Gasteiger charge is 2.25. The summed E-state index contributed by atoms with van der Waals surface area (Å²) >= 11 is 7.02. The van der Waals surface area contributed by atoms with Gasteiger partial charge in [0, 0.05) is 11.6 Å². The minimum atomic E-state index is -0.639. The van der Waals surface area contributed by atoms with Crippen molar-refractivity contribution in [3.63, 3.8) is 0 Å². The first-order valence-electron chi connectivity index (χ1n) is 6.41. The number of methoxy groups -OCH3 is 2. The van der Waals surface area contributed by atoms with E-state index in [0.717, 1.165) is 17.8 Å². The van der Waals surface area contributed by atoms with Gasteiger partial charge in [-0.2, -0.15) is 5.10 Å². The van der Waals surface area contributed by atoms with Gasteiger partial charge < -0.3 is 14.6 Å². The summed E-state index contributed by atoms with van der Waals surface area (Å²) in [6.07, 6.45) is 2.40. The Kier molecular flexibility index (Phi) is 5.83. The minimum Gasteiger partial charge on any atom is -0.504 e. The van der Waals surface area contributed by atoms with Gasteiger partial charge in [0.1, 0.15) is 0 Å². The second-order valence-corrected chi connectivity index (χ2v) is 5.67. The van der Waals surface area contributed by atoms with Crippen LogP contribution in [-0.2, 0) is 14.3 Å². The lowest BCUT2D eigenvalue weighted by Gasteiger charge is -2.06. The van der Waals surface area contributed by atoms with Crippen LogP contribution in [0.2, 0.25) is 5.02 Å². The van der Waals surface area contributed by atoms with E-state index in [1.54, 1.807) is 0 Å². The van der Waals surface area contributed by atoms with E-state index < -0.39 is 11.9 Å². The van der Waals surface area contributed by atoms with E-state index in [9.17, 15) is 14.7 Å². The zero-order valence-corrected chi connectivity index (χ0v) is 14.1. The summed E-state index contributed by atoms with van der Waals surface area (Å²) in [5.41, 5.74) is 0.468. The summed E-state index contributed by atoms with van der Waals surface area (Å²) in [5, 5.41) is 20.1. The molecule has 0 bridgehead atoms. The summed E-state index contributed by atoms with van der Waals surface area (Å²) in [4.78, 5) is 22.9. The number of phenolic OH excluding ortho intramolecular Hbond substituents is 1. The maximum absolute atomic E-state index is 11.6. The molecule has 0 saturated carbocycles. The van der Waals surface area contributed by atoms with E-state index >= 15 is 0 Å². The summed E-state index contributed by atoms with van der Waals surface area (Å²) in [7, 11) is 2.59. The fourth-order valence-corrected chi connectivity index (χ4v) is 2.66. The molecule has 126 valence electrons. The molecule has 10 heteroatoms. The molecule has 1 aliphatic rings. The number of nitrogens with one attached hydrogen (secondary N) is 1. The Hall–Kier alpha value is -2.52. The molecular weight excluding hydrogens is 358 g/mol. The summed E-state index contributed by atoms with van der Waals surface area (Å²) in [6, 6.07) is 2.94. The van der Waals surface area contributed by atoms with Crippen LogP contribution in [0.1, 0.15) is 5.56 Å². The highest BCUT2D eigenvalue weighted by molar-refractivity contribution is 8.18. The third-order valence-electron chi connectivity index (χ3n) is 2.76. The topological polar surface area (TPSA) is 110 Å². The quantitative estimate of drug-likeness (QED) is 0.361. The number of thioether (sulfide) groups is 1. The number of hydrogen-bond donors (Lipinski definition) is 2. The zero-order valence-electron chi connectivity index (χ0n) is 12.6. The molecule has 24 heavy (non-hydrogen) atoms. The van der Waals surface area contributed by atoms with Gasteiger partial charge in [0.05, 0.1) is 30.4 Å². The number of hydrogen-bond acceptors (Lipinski definition) is 8. The Bertz CT molecular complexity index is 776. The number of aromatic hydroxyl groups is 1. The van der Waals surface area contributed by atoms with Gasteiger partial charge in [-0.1, -0.05) is 11.6 Å². The van der Waals surface area contributed by atoms with E-state index in [1.165, 1.54) is 32.6 Å². The average molecular weight is 370 g/mol. The van der Waals surface area contributed by atoms with Crippen molar-refractivity contribution in [2.24, 2.45) is 10.2 Å². The predicted octanol–water partition coefficient (Wildman–Crippen LogP) is 1.66. The van der Waals surface area contributed by atoms with Gasteiger partial charge in [-0.3, -0.25) is 10.1 Å². The lowest BCUT2D eigenvalue weighted by atomic mass is 10.2. The average Bonchev–Trinajstić information content (AvgIpc) is 2.89. The van der Waals surface area contributed by atoms with Crippen molar-refractivity contribution in [1.82, 2.24) is 5.32 Å². The zero-order chi connectivity index (χ0) is 17.7. The van der Waals surface area contributed by atoms with Crippen LogP contribution in [-0.4, -0.2) is 42.6 Å². The van der Waals surface area contributed by atoms with Crippen molar-refractivity contribution >= 4 is 46.6 Å². The largest absolute Gasteiger partial charge is 0.504 e. The Morgan fingerprint density at radius 3 is 2.83 bits per heavy atom. The molecule has 1 fully saturated rings. The van der Waals surface area contributed by atoms with Crippen molar-refractivity contribution in [3.8, 4) is 11.5 Å². The molecule has 2 rings (SSSR count). The highest BCUT2D eigenvalue weighted by Crippen LogP contribution is 2.35. The van der Waals surface area contributed by atoms with Crippen molar-refractivity contribution < 1.29 is 24.2 Å². The van der Waals surface area contributed by atoms with Crippen molar-refractivity contribution in [1.29, 1.82) is 0 Å². The first-order valence-corrected chi connectivity index (χ1v) is 7.61. The fourth-order valence-electron chi connectivity index (χ4n) is 1.64. The fraction of sp³-hybridized carbons (Fsp3) is 0.143. The number of esters is 1. The number of rotatable bonds is 4. The number of phenols is 1. The molecule has 1 aliphatic heterocycles. The Labute approximate surface area is 146 Å². The Morgan fingerprint density at radius 2 is 2.17 bits per heavy atom. The number of ether oxygens (including phenoxy) is 2. The number of amidine groups is 1. The number of amides is 1. The first kappa shape index (κ1) is 17.8. The van der Waals surface area contributed by atoms with E-state index in [1.807, 2.05) is 0 Å². The predicted molar refractivity (Wildman–Crippen MR) is 90.5 cm³/mol. The standard InChI is InChI=1S/C14H12ClN3O5S/c1-22-10(20)5-9-13(21)17-14(24-9)18-16-6-7-3-4-8(19)12(23-2)11(7)15/h3-6,19H,1-2H3,(H,17,18,21)/b9-5+,16-6?. The van der Waals surface area contributed by atoms with Crippen LogP contribution in [0.4, 0.5) is 0 Å². The molecule has 0 unspecified atom stereocenters. The maximum atomic E-state index is 11.6. The lowest BCUT2D eigenvalue weighted by molar-refractivity contribution is -0.135. The van der Waals surface area contributed by atoms with Gasteiger partial charge in [0.25, 0.3) is 5.91 Å². The lowest BCUT2D eigenvalue weighted by Crippen LogP contribution is -2.19. The number of nitrogens with zero attached hydrogens (tertiary/aromatic N) is 2. The molecule has 1 saturated heterocycles. The van der Waals surface area contributed by atoms with Gasteiger partial charge in [-0.15, -0.1) is 5.10 Å². The van der Waals surface area contributed by atoms with Gasteiger partial charge in [-0.05, 0) is 23.9 Å². The van der Waals surface area contributed by atoms with E-state index in [-0.39, 0.29) is 26.6 Å². The normalized spacial score (nSPS) is 17.5.